The Balaban J connectivity index is 1.36. The lowest BCUT2D eigenvalue weighted by atomic mass is 9.95. The molecule has 174 valence electrons. The van der Waals surface area contributed by atoms with Crippen LogP contribution in [-0.2, 0) is 37.1 Å². The fourth-order valence-corrected chi connectivity index (χ4v) is 7.20. The highest BCUT2D eigenvalue weighted by molar-refractivity contribution is 7.17. The summed E-state index contributed by atoms with van der Waals surface area (Å²) in [4.78, 5) is 29.2. The lowest BCUT2D eigenvalue weighted by Gasteiger charge is -2.15. The van der Waals surface area contributed by atoms with Crippen LogP contribution in [0.25, 0.3) is 10.4 Å². The molecule has 1 aliphatic carbocycles. The zero-order valence-electron chi connectivity index (χ0n) is 18.5. The highest BCUT2D eigenvalue weighted by Gasteiger charge is 2.28. The van der Waals surface area contributed by atoms with Crippen LogP contribution in [0.3, 0.4) is 0 Å². The van der Waals surface area contributed by atoms with Crippen molar-refractivity contribution in [3.05, 3.63) is 50.6 Å². The standard InChI is InChI=1S/C24H27N3O4S2/c1-2-31-23(28)20-16-5-3-4-6-18(16)33-22(20)27-24(29)26-11-17-15-7-9-25-12-19(15)32-21(17)14-8-10-30-13-14/h8,10,13,25H,2-7,9,11-12H2,1H3,(H2,26,27,29). The molecule has 1 aliphatic heterocycles. The van der Waals surface area contributed by atoms with Crippen LogP contribution in [0.1, 0.15) is 56.6 Å². The molecule has 4 heterocycles. The molecule has 0 bridgehead atoms. The van der Waals surface area contributed by atoms with Gasteiger partial charge in [0.1, 0.15) is 5.00 Å². The molecule has 0 spiro atoms. The van der Waals surface area contributed by atoms with Crippen molar-refractivity contribution >= 4 is 39.7 Å². The number of hydrogen-bond donors (Lipinski definition) is 3. The van der Waals surface area contributed by atoms with Crippen molar-refractivity contribution in [3.63, 3.8) is 0 Å². The van der Waals surface area contributed by atoms with Crippen LogP contribution in [0.15, 0.2) is 23.0 Å². The first-order valence-electron chi connectivity index (χ1n) is 11.4. The number of carbonyl (C=O) groups excluding carboxylic acids is 2. The van der Waals surface area contributed by atoms with Gasteiger partial charge < -0.3 is 19.8 Å². The summed E-state index contributed by atoms with van der Waals surface area (Å²) in [5.74, 6) is -0.353. The monoisotopic (exact) mass is 485 g/mol. The Kier molecular flexibility index (Phi) is 6.52. The molecular formula is C24H27N3O4S2. The zero-order valence-corrected chi connectivity index (χ0v) is 20.2. The normalized spacial score (nSPS) is 14.9. The van der Waals surface area contributed by atoms with E-state index >= 15 is 0 Å². The zero-order chi connectivity index (χ0) is 22.8. The predicted octanol–water partition coefficient (Wildman–Crippen LogP) is 5.09. The number of esters is 1. The Hall–Kier alpha value is -2.62. The van der Waals surface area contributed by atoms with Crippen LogP contribution in [0.2, 0.25) is 0 Å². The number of thiophene rings is 2. The Morgan fingerprint density at radius 2 is 2.03 bits per heavy atom. The molecule has 0 saturated carbocycles. The predicted molar refractivity (Wildman–Crippen MR) is 130 cm³/mol. The van der Waals surface area contributed by atoms with Crippen molar-refractivity contribution in [1.82, 2.24) is 10.6 Å². The number of aryl methyl sites for hydroxylation is 1. The number of anilines is 1. The fourth-order valence-electron chi connectivity index (χ4n) is 4.60. The third-order valence-electron chi connectivity index (χ3n) is 6.12. The quantitative estimate of drug-likeness (QED) is 0.423. The molecule has 3 N–H and O–H groups in total. The molecule has 33 heavy (non-hydrogen) atoms. The van der Waals surface area contributed by atoms with Crippen molar-refractivity contribution < 1.29 is 18.7 Å². The maximum Gasteiger partial charge on any atom is 0.341 e. The molecule has 9 heteroatoms. The molecule has 2 amide bonds. The van der Waals surface area contributed by atoms with Gasteiger partial charge in [-0.2, -0.15) is 0 Å². The first kappa shape index (κ1) is 22.2. The van der Waals surface area contributed by atoms with Gasteiger partial charge in [-0.3, -0.25) is 5.32 Å². The van der Waals surface area contributed by atoms with E-state index in [1.807, 2.05) is 6.07 Å². The lowest BCUT2D eigenvalue weighted by Crippen LogP contribution is -2.30. The Morgan fingerprint density at radius 3 is 2.85 bits per heavy atom. The molecule has 2 aliphatic rings. The number of nitrogens with one attached hydrogen (secondary N) is 3. The number of carbonyl (C=O) groups is 2. The Labute approximate surface area is 200 Å². The molecular weight excluding hydrogens is 458 g/mol. The minimum Gasteiger partial charge on any atom is -0.472 e. The van der Waals surface area contributed by atoms with E-state index in [1.54, 1.807) is 30.8 Å². The summed E-state index contributed by atoms with van der Waals surface area (Å²) in [6, 6.07) is 1.64. The summed E-state index contributed by atoms with van der Waals surface area (Å²) < 4.78 is 10.6. The van der Waals surface area contributed by atoms with Crippen molar-refractivity contribution in [2.24, 2.45) is 0 Å². The molecule has 0 unspecified atom stereocenters. The van der Waals surface area contributed by atoms with E-state index < -0.39 is 0 Å². The smallest absolute Gasteiger partial charge is 0.341 e. The lowest BCUT2D eigenvalue weighted by molar-refractivity contribution is 0.0526. The van der Waals surface area contributed by atoms with Gasteiger partial charge in [0.25, 0.3) is 0 Å². The summed E-state index contributed by atoms with van der Waals surface area (Å²) in [5.41, 5.74) is 5.06. The largest absolute Gasteiger partial charge is 0.472 e. The molecule has 0 atom stereocenters. The number of amides is 2. The molecule has 0 saturated heterocycles. The number of hydrogen-bond acceptors (Lipinski definition) is 7. The number of furan rings is 1. The van der Waals surface area contributed by atoms with Crippen molar-refractivity contribution in [1.29, 1.82) is 0 Å². The summed E-state index contributed by atoms with van der Waals surface area (Å²) in [6.07, 6.45) is 8.31. The van der Waals surface area contributed by atoms with E-state index in [2.05, 4.69) is 16.0 Å². The maximum absolute atomic E-state index is 12.9. The minimum atomic E-state index is -0.353. The Morgan fingerprint density at radius 1 is 1.15 bits per heavy atom. The SMILES string of the molecule is CCOC(=O)c1c(NC(=O)NCc2c(-c3ccoc3)sc3c2CCNC3)sc2c1CCCC2. The van der Waals surface area contributed by atoms with Crippen LogP contribution in [0.4, 0.5) is 9.80 Å². The first-order valence-corrected chi connectivity index (χ1v) is 13.0. The van der Waals surface area contributed by atoms with Gasteiger partial charge >= 0.3 is 12.0 Å². The van der Waals surface area contributed by atoms with Gasteiger partial charge in [-0.25, -0.2) is 9.59 Å². The van der Waals surface area contributed by atoms with Crippen LogP contribution in [-0.4, -0.2) is 25.2 Å². The first-order chi connectivity index (χ1) is 16.2. The van der Waals surface area contributed by atoms with Gasteiger partial charge in [-0.05, 0) is 68.3 Å². The molecule has 3 aromatic heterocycles. The second-order valence-electron chi connectivity index (χ2n) is 8.19. The van der Waals surface area contributed by atoms with Gasteiger partial charge in [0.05, 0.1) is 24.7 Å². The van der Waals surface area contributed by atoms with E-state index in [0.717, 1.165) is 66.8 Å². The minimum absolute atomic E-state index is 0.310. The second kappa shape index (κ2) is 9.70. The topological polar surface area (TPSA) is 92.6 Å². The molecule has 0 aromatic carbocycles. The van der Waals surface area contributed by atoms with Crippen LogP contribution < -0.4 is 16.0 Å². The third-order valence-corrected chi connectivity index (χ3v) is 8.66. The number of ether oxygens (including phenoxy) is 1. The molecule has 0 fully saturated rings. The third kappa shape index (κ3) is 4.45. The highest BCUT2D eigenvalue weighted by Crippen LogP contribution is 2.40. The van der Waals surface area contributed by atoms with Crippen LogP contribution in [0, 0.1) is 0 Å². The van der Waals surface area contributed by atoms with Gasteiger partial charge in [-0.1, -0.05) is 0 Å². The van der Waals surface area contributed by atoms with Crippen molar-refractivity contribution in [2.75, 3.05) is 18.5 Å². The van der Waals surface area contributed by atoms with E-state index in [0.29, 0.717) is 23.7 Å². The summed E-state index contributed by atoms with van der Waals surface area (Å²) in [5, 5.41) is 9.98. The molecule has 0 radical (unpaired) electrons. The summed E-state index contributed by atoms with van der Waals surface area (Å²) in [7, 11) is 0. The van der Waals surface area contributed by atoms with Gasteiger partial charge in [0.2, 0.25) is 0 Å². The molecule has 7 nitrogen and oxygen atoms in total. The van der Waals surface area contributed by atoms with E-state index in [4.69, 9.17) is 9.15 Å². The van der Waals surface area contributed by atoms with Crippen LogP contribution >= 0.6 is 22.7 Å². The van der Waals surface area contributed by atoms with Gasteiger partial charge in [0, 0.05) is 33.3 Å². The van der Waals surface area contributed by atoms with Gasteiger partial charge in [0.15, 0.2) is 0 Å². The molecule has 5 rings (SSSR count). The average molecular weight is 486 g/mol. The number of rotatable bonds is 6. The fraction of sp³-hybridized carbons (Fsp3) is 0.417. The van der Waals surface area contributed by atoms with Crippen molar-refractivity contribution in [2.45, 2.75) is 52.1 Å². The summed E-state index contributed by atoms with van der Waals surface area (Å²) in [6.45, 7) is 4.30. The van der Waals surface area contributed by atoms with Crippen LogP contribution in [0.5, 0.6) is 0 Å². The number of urea groups is 1. The molecule has 3 aromatic rings. The highest BCUT2D eigenvalue weighted by atomic mass is 32.1. The maximum atomic E-state index is 12.9. The summed E-state index contributed by atoms with van der Waals surface area (Å²) >= 11 is 3.25. The average Bonchev–Trinajstić information content (AvgIpc) is 3.54. The Bertz CT molecular complexity index is 1160. The van der Waals surface area contributed by atoms with Crippen molar-refractivity contribution in [3.8, 4) is 10.4 Å². The van der Waals surface area contributed by atoms with E-state index in [1.165, 1.54) is 26.7 Å². The number of fused-ring (bicyclic) bond motifs is 2. The van der Waals surface area contributed by atoms with E-state index in [9.17, 15) is 9.59 Å². The second-order valence-corrected chi connectivity index (χ2v) is 10.4. The van der Waals surface area contributed by atoms with E-state index in [-0.39, 0.29) is 12.0 Å². The van der Waals surface area contributed by atoms with Gasteiger partial charge in [-0.15, -0.1) is 22.7 Å².